The lowest BCUT2D eigenvalue weighted by Crippen LogP contribution is -2.33. The van der Waals surface area contributed by atoms with Crippen molar-refractivity contribution in [1.82, 2.24) is 19.9 Å². The Morgan fingerprint density at radius 2 is 1.93 bits per heavy atom. The summed E-state index contributed by atoms with van der Waals surface area (Å²) in [5, 5.41) is 2.83. The summed E-state index contributed by atoms with van der Waals surface area (Å²) in [4.78, 5) is 27.5. The van der Waals surface area contributed by atoms with Crippen LogP contribution >= 0.6 is 0 Å². The second-order valence-electron chi connectivity index (χ2n) is 7.44. The molecule has 3 N–H and O–H groups in total. The number of aromatic nitrogens is 3. The Bertz CT molecular complexity index is 1040. The number of carbonyl (C=O) groups is 1. The molecule has 2 aromatic heterocycles. The molecule has 8 heteroatoms. The average molecular weight is 406 g/mol. The van der Waals surface area contributed by atoms with Crippen molar-refractivity contribution < 1.29 is 9.18 Å². The van der Waals surface area contributed by atoms with E-state index in [1.54, 1.807) is 24.5 Å². The van der Waals surface area contributed by atoms with Gasteiger partial charge in [0.15, 0.2) is 0 Å². The molecule has 0 saturated carbocycles. The third-order valence-electron chi connectivity index (χ3n) is 5.16. The molecule has 1 saturated heterocycles. The first-order valence-electron chi connectivity index (χ1n) is 9.84. The molecule has 3 aromatic rings. The standard InChI is InChI=1S/C22H23FN6O/c1-14-9-15(16-11-25-22(24)26-12-16)10-19(27-14)20-3-2-8-29(20)13-21(30)28-18-6-4-17(23)5-7-18/h4-7,9-12,20H,2-3,8,13H2,1H3,(H,28,30)(H2,24,25,26)/t20-/m0/s1. The number of halogens is 1. The first-order chi connectivity index (χ1) is 14.5. The lowest BCUT2D eigenvalue weighted by molar-refractivity contribution is -0.117. The van der Waals surface area contributed by atoms with Crippen molar-refractivity contribution in [3.8, 4) is 11.1 Å². The van der Waals surface area contributed by atoms with E-state index in [9.17, 15) is 9.18 Å². The fraction of sp³-hybridized carbons (Fsp3) is 0.273. The van der Waals surface area contributed by atoms with Crippen LogP contribution in [-0.2, 0) is 4.79 Å². The summed E-state index contributed by atoms with van der Waals surface area (Å²) in [7, 11) is 0. The lowest BCUT2D eigenvalue weighted by atomic mass is 10.0. The van der Waals surface area contributed by atoms with Gasteiger partial charge in [-0.3, -0.25) is 14.7 Å². The predicted molar refractivity (Wildman–Crippen MR) is 113 cm³/mol. The number of aryl methyl sites for hydroxylation is 1. The summed E-state index contributed by atoms with van der Waals surface area (Å²) in [5.41, 5.74) is 9.83. The van der Waals surface area contributed by atoms with E-state index in [4.69, 9.17) is 10.7 Å². The topological polar surface area (TPSA) is 97.0 Å². The van der Waals surface area contributed by atoms with E-state index in [0.29, 0.717) is 5.69 Å². The van der Waals surface area contributed by atoms with Gasteiger partial charge in [0, 0.05) is 29.3 Å². The van der Waals surface area contributed by atoms with E-state index in [1.165, 1.54) is 12.1 Å². The van der Waals surface area contributed by atoms with Gasteiger partial charge < -0.3 is 11.1 Å². The molecule has 1 aromatic carbocycles. The van der Waals surface area contributed by atoms with Crippen molar-refractivity contribution >= 4 is 17.5 Å². The Morgan fingerprint density at radius 1 is 1.20 bits per heavy atom. The summed E-state index contributed by atoms with van der Waals surface area (Å²) in [5.74, 6) is -0.229. The molecule has 1 fully saturated rings. The van der Waals surface area contributed by atoms with Crippen LogP contribution in [0.2, 0.25) is 0 Å². The minimum atomic E-state index is -0.333. The Hall–Kier alpha value is -3.39. The van der Waals surface area contributed by atoms with Crippen molar-refractivity contribution in [3.05, 3.63) is 66.0 Å². The number of amides is 1. The number of pyridine rings is 1. The number of hydrogen-bond acceptors (Lipinski definition) is 6. The Morgan fingerprint density at radius 3 is 2.67 bits per heavy atom. The number of nitrogens with one attached hydrogen (secondary N) is 1. The monoisotopic (exact) mass is 406 g/mol. The second kappa shape index (κ2) is 8.54. The maximum Gasteiger partial charge on any atom is 0.238 e. The highest BCUT2D eigenvalue weighted by atomic mass is 19.1. The van der Waals surface area contributed by atoms with E-state index in [0.717, 1.165) is 41.9 Å². The van der Waals surface area contributed by atoms with Crippen LogP contribution in [0.15, 0.2) is 48.8 Å². The summed E-state index contributed by atoms with van der Waals surface area (Å²) >= 11 is 0. The van der Waals surface area contributed by atoms with Crippen LogP contribution in [0.1, 0.15) is 30.3 Å². The number of nitrogens with two attached hydrogens (primary N) is 1. The van der Waals surface area contributed by atoms with Crippen molar-refractivity contribution in [2.45, 2.75) is 25.8 Å². The molecule has 0 aliphatic carbocycles. The van der Waals surface area contributed by atoms with E-state index in [1.807, 2.05) is 19.1 Å². The maximum absolute atomic E-state index is 13.1. The van der Waals surface area contributed by atoms with Gasteiger partial charge >= 0.3 is 0 Å². The van der Waals surface area contributed by atoms with Crippen LogP contribution in [0, 0.1) is 12.7 Å². The average Bonchev–Trinajstić information content (AvgIpc) is 3.18. The molecule has 1 atom stereocenters. The Labute approximate surface area is 174 Å². The number of likely N-dealkylation sites (tertiary alicyclic amines) is 1. The predicted octanol–water partition coefficient (Wildman–Crippen LogP) is 3.34. The minimum absolute atomic E-state index is 0.0531. The molecule has 1 aliphatic rings. The van der Waals surface area contributed by atoms with Gasteiger partial charge in [-0.2, -0.15) is 0 Å². The van der Waals surface area contributed by atoms with E-state index in [2.05, 4.69) is 20.2 Å². The summed E-state index contributed by atoms with van der Waals surface area (Å²) in [6.45, 7) is 3.01. The van der Waals surface area contributed by atoms with Crippen molar-refractivity contribution in [2.24, 2.45) is 0 Å². The second-order valence-corrected chi connectivity index (χ2v) is 7.44. The molecule has 0 unspecified atom stereocenters. The van der Waals surface area contributed by atoms with E-state index >= 15 is 0 Å². The molecule has 0 bridgehead atoms. The SMILES string of the molecule is Cc1cc(-c2cnc(N)nc2)cc([C@@H]2CCCN2CC(=O)Nc2ccc(F)cc2)n1. The number of nitrogen functional groups attached to an aromatic ring is 1. The molecular weight excluding hydrogens is 383 g/mol. The Balaban J connectivity index is 1.50. The minimum Gasteiger partial charge on any atom is -0.368 e. The smallest absolute Gasteiger partial charge is 0.238 e. The first kappa shape index (κ1) is 19.9. The van der Waals surface area contributed by atoms with E-state index in [-0.39, 0.29) is 30.3 Å². The molecular formula is C22H23FN6O. The van der Waals surface area contributed by atoms with Gasteiger partial charge in [-0.1, -0.05) is 0 Å². The molecule has 0 spiro atoms. The molecule has 1 amide bonds. The quantitative estimate of drug-likeness (QED) is 0.675. The van der Waals surface area contributed by atoms with Crippen LogP contribution in [0.3, 0.4) is 0 Å². The third-order valence-corrected chi connectivity index (χ3v) is 5.16. The molecule has 154 valence electrons. The number of rotatable bonds is 5. The van der Waals surface area contributed by atoms with Gasteiger partial charge in [-0.15, -0.1) is 0 Å². The molecule has 7 nitrogen and oxygen atoms in total. The highest BCUT2D eigenvalue weighted by Gasteiger charge is 2.29. The summed E-state index contributed by atoms with van der Waals surface area (Å²) in [6, 6.07) is 9.83. The van der Waals surface area contributed by atoms with Gasteiger partial charge in [-0.25, -0.2) is 14.4 Å². The summed E-state index contributed by atoms with van der Waals surface area (Å²) in [6.07, 6.45) is 5.31. The fourth-order valence-electron chi connectivity index (χ4n) is 3.79. The molecule has 4 rings (SSSR count). The normalized spacial score (nSPS) is 16.5. The first-order valence-corrected chi connectivity index (χ1v) is 9.84. The van der Waals surface area contributed by atoms with Crippen LogP contribution in [0.4, 0.5) is 16.0 Å². The Kier molecular flexibility index (Phi) is 5.67. The van der Waals surface area contributed by atoms with Crippen LogP contribution in [-0.4, -0.2) is 38.8 Å². The highest BCUT2D eigenvalue weighted by Crippen LogP contribution is 2.33. The van der Waals surface area contributed by atoms with E-state index < -0.39 is 0 Å². The number of hydrogen-bond donors (Lipinski definition) is 2. The van der Waals surface area contributed by atoms with Crippen LogP contribution < -0.4 is 11.1 Å². The molecule has 0 radical (unpaired) electrons. The number of carbonyl (C=O) groups excluding carboxylic acids is 1. The van der Waals surface area contributed by atoms with Gasteiger partial charge in [0.1, 0.15) is 5.82 Å². The number of benzene rings is 1. The molecule has 3 heterocycles. The zero-order chi connectivity index (χ0) is 21.1. The fourth-order valence-corrected chi connectivity index (χ4v) is 3.79. The third kappa shape index (κ3) is 4.60. The summed E-state index contributed by atoms with van der Waals surface area (Å²) < 4.78 is 13.1. The van der Waals surface area contributed by atoms with Gasteiger partial charge in [0.05, 0.1) is 18.3 Å². The maximum atomic E-state index is 13.1. The zero-order valence-electron chi connectivity index (χ0n) is 16.7. The van der Waals surface area contributed by atoms with Gasteiger partial charge in [-0.05, 0) is 68.3 Å². The van der Waals surface area contributed by atoms with Gasteiger partial charge in [0.25, 0.3) is 0 Å². The van der Waals surface area contributed by atoms with Crippen LogP contribution in [0.5, 0.6) is 0 Å². The lowest BCUT2D eigenvalue weighted by Gasteiger charge is -2.24. The largest absolute Gasteiger partial charge is 0.368 e. The number of anilines is 2. The van der Waals surface area contributed by atoms with Crippen molar-refractivity contribution in [2.75, 3.05) is 24.1 Å². The van der Waals surface area contributed by atoms with Crippen molar-refractivity contribution in [3.63, 3.8) is 0 Å². The van der Waals surface area contributed by atoms with Crippen LogP contribution in [0.25, 0.3) is 11.1 Å². The number of nitrogens with zero attached hydrogens (tertiary/aromatic N) is 4. The molecule has 30 heavy (non-hydrogen) atoms. The molecule has 1 aliphatic heterocycles. The van der Waals surface area contributed by atoms with Gasteiger partial charge in [0.2, 0.25) is 11.9 Å². The highest BCUT2D eigenvalue weighted by molar-refractivity contribution is 5.92. The van der Waals surface area contributed by atoms with Crippen molar-refractivity contribution in [1.29, 1.82) is 0 Å². The zero-order valence-corrected chi connectivity index (χ0v) is 16.7.